The summed E-state index contributed by atoms with van der Waals surface area (Å²) in [4.78, 5) is 7.85. The van der Waals surface area contributed by atoms with Crippen molar-refractivity contribution in [3.8, 4) is 39.9 Å². The van der Waals surface area contributed by atoms with Gasteiger partial charge >= 0.3 is 0 Å². The number of hydrogen-bond acceptors (Lipinski definition) is 5. The van der Waals surface area contributed by atoms with Gasteiger partial charge in [0.1, 0.15) is 11.6 Å². The van der Waals surface area contributed by atoms with Crippen molar-refractivity contribution in [2.75, 3.05) is 20.4 Å². The van der Waals surface area contributed by atoms with Gasteiger partial charge in [0.15, 0.2) is 11.5 Å². The fourth-order valence-electron chi connectivity index (χ4n) is 5.10. The molecule has 1 aromatic heterocycles. The number of hydrogen-bond donors (Lipinski definition) is 0. The number of unbranched alkanes of at least 4 members (excludes halogenated alkanes) is 2. The molecule has 3 aromatic carbocycles. The van der Waals surface area contributed by atoms with Crippen LogP contribution in [0, 0.1) is 0 Å². The molecule has 6 heteroatoms. The molecule has 0 aliphatic carbocycles. The van der Waals surface area contributed by atoms with E-state index in [4.69, 9.17) is 19.2 Å². The lowest BCUT2D eigenvalue weighted by molar-refractivity contribution is 0.174. The van der Waals surface area contributed by atoms with Crippen LogP contribution in [-0.4, -0.2) is 34.9 Å². The van der Waals surface area contributed by atoms with Gasteiger partial charge in [-0.2, -0.15) is 0 Å². The van der Waals surface area contributed by atoms with Crippen LogP contribution in [0.1, 0.15) is 50.8 Å². The van der Waals surface area contributed by atoms with Crippen molar-refractivity contribution in [3.63, 3.8) is 0 Å². The molecule has 1 aliphatic heterocycles. The summed E-state index contributed by atoms with van der Waals surface area (Å²) in [5, 5.41) is 0. The van der Waals surface area contributed by atoms with Crippen LogP contribution in [0.15, 0.2) is 72.8 Å². The molecule has 5 rings (SSSR count). The first-order valence-corrected chi connectivity index (χ1v) is 14.1. The van der Waals surface area contributed by atoms with Crippen molar-refractivity contribution in [1.82, 2.24) is 14.5 Å². The van der Waals surface area contributed by atoms with Gasteiger partial charge in [0.2, 0.25) is 6.79 Å². The second-order valence-electron chi connectivity index (χ2n) is 10.1. The first-order valence-electron chi connectivity index (χ1n) is 14.1. The Morgan fingerprint density at radius 3 is 2.36 bits per heavy atom. The van der Waals surface area contributed by atoms with Crippen LogP contribution >= 0.6 is 0 Å². The molecule has 0 saturated carbocycles. The quantitative estimate of drug-likeness (QED) is 0.180. The monoisotopic (exact) mass is 525 g/mol. The van der Waals surface area contributed by atoms with E-state index in [1.54, 1.807) is 7.11 Å². The minimum absolute atomic E-state index is 0.295. The Labute approximate surface area is 232 Å². The number of methoxy groups -OCH3 is 1. The second-order valence-corrected chi connectivity index (χ2v) is 10.1. The Kier molecular flexibility index (Phi) is 8.84. The molecule has 39 heavy (non-hydrogen) atoms. The largest absolute Gasteiger partial charge is 0.497 e. The molecule has 0 radical (unpaired) electrons. The number of ether oxygens (including phenoxy) is 3. The number of rotatable bonds is 13. The van der Waals surface area contributed by atoms with Gasteiger partial charge in [-0.25, -0.2) is 4.98 Å². The predicted molar refractivity (Wildman–Crippen MR) is 156 cm³/mol. The van der Waals surface area contributed by atoms with E-state index >= 15 is 0 Å². The number of nitrogens with zero attached hydrogens (tertiary/aromatic N) is 3. The minimum Gasteiger partial charge on any atom is -0.497 e. The second kappa shape index (κ2) is 12.9. The summed E-state index contributed by atoms with van der Waals surface area (Å²) in [6.45, 7) is 8.38. The van der Waals surface area contributed by atoms with Crippen LogP contribution in [0.4, 0.5) is 0 Å². The lowest BCUT2D eigenvalue weighted by Crippen LogP contribution is -2.26. The molecular weight excluding hydrogens is 486 g/mol. The standard InChI is InChI=1S/C33H39N3O3/c1-4-6-19-35(22-25-13-18-30-31(21-25)39-24-38-30)23-29-32(26-11-9-8-10-12-26)34-33(36(29)20-7-5-2)27-14-16-28(37-3)17-15-27/h8-18,21H,4-7,19-20,22-24H2,1-3H3. The summed E-state index contributed by atoms with van der Waals surface area (Å²) in [6, 6.07) is 25.2. The third-order valence-electron chi connectivity index (χ3n) is 7.25. The molecular formula is C33H39N3O3. The SMILES string of the molecule is CCCCN(Cc1ccc2c(c1)OCO2)Cc1c(-c2ccccc2)nc(-c2ccc(OC)cc2)n1CCCC. The Hall–Kier alpha value is -3.77. The Morgan fingerprint density at radius 2 is 1.62 bits per heavy atom. The van der Waals surface area contributed by atoms with Gasteiger partial charge in [0.05, 0.1) is 18.5 Å². The zero-order valence-corrected chi connectivity index (χ0v) is 23.4. The van der Waals surface area contributed by atoms with E-state index in [9.17, 15) is 0 Å². The normalized spacial score (nSPS) is 12.3. The van der Waals surface area contributed by atoms with Crippen molar-refractivity contribution in [1.29, 1.82) is 0 Å². The maximum Gasteiger partial charge on any atom is 0.231 e. The van der Waals surface area contributed by atoms with Crippen LogP contribution in [-0.2, 0) is 19.6 Å². The molecule has 0 atom stereocenters. The molecule has 0 unspecified atom stereocenters. The van der Waals surface area contributed by atoms with Crippen molar-refractivity contribution in [2.45, 2.75) is 59.2 Å². The van der Waals surface area contributed by atoms with Gasteiger partial charge in [-0.05, 0) is 61.3 Å². The molecule has 0 bridgehead atoms. The molecule has 2 heterocycles. The van der Waals surface area contributed by atoms with E-state index in [1.165, 1.54) is 11.3 Å². The van der Waals surface area contributed by atoms with Crippen molar-refractivity contribution < 1.29 is 14.2 Å². The molecule has 204 valence electrons. The minimum atomic E-state index is 0.295. The summed E-state index contributed by atoms with van der Waals surface area (Å²) < 4.78 is 19.1. The lowest BCUT2D eigenvalue weighted by atomic mass is 10.1. The first-order chi connectivity index (χ1) is 19.2. The molecule has 4 aromatic rings. The average Bonchev–Trinajstić information content (AvgIpc) is 3.59. The van der Waals surface area contributed by atoms with Gasteiger partial charge in [-0.15, -0.1) is 0 Å². The smallest absolute Gasteiger partial charge is 0.231 e. The fraction of sp³-hybridized carbons (Fsp3) is 0.364. The number of benzene rings is 3. The van der Waals surface area contributed by atoms with E-state index in [2.05, 4.69) is 77.9 Å². The summed E-state index contributed by atoms with van der Waals surface area (Å²) in [7, 11) is 1.70. The third kappa shape index (κ3) is 6.28. The Morgan fingerprint density at radius 1 is 0.846 bits per heavy atom. The van der Waals surface area contributed by atoms with Crippen LogP contribution in [0.25, 0.3) is 22.6 Å². The highest BCUT2D eigenvalue weighted by Gasteiger charge is 2.22. The summed E-state index contributed by atoms with van der Waals surface area (Å²) in [5.41, 5.74) is 5.80. The molecule has 1 aliphatic rings. The Bertz CT molecular complexity index is 1350. The predicted octanol–water partition coefficient (Wildman–Crippen LogP) is 7.56. The molecule has 6 nitrogen and oxygen atoms in total. The summed E-state index contributed by atoms with van der Waals surface area (Å²) in [6.07, 6.45) is 4.50. The van der Waals surface area contributed by atoms with Gasteiger partial charge in [0.25, 0.3) is 0 Å². The highest BCUT2D eigenvalue weighted by atomic mass is 16.7. The van der Waals surface area contributed by atoms with E-state index in [-0.39, 0.29) is 0 Å². The van der Waals surface area contributed by atoms with E-state index in [0.29, 0.717) is 6.79 Å². The van der Waals surface area contributed by atoms with Gasteiger partial charge in [-0.1, -0.05) is 63.1 Å². The van der Waals surface area contributed by atoms with E-state index in [1.807, 2.05) is 18.2 Å². The van der Waals surface area contributed by atoms with Crippen LogP contribution in [0.3, 0.4) is 0 Å². The average molecular weight is 526 g/mol. The molecule has 0 N–H and O–H groups in total. The van der Waals surface area contributed by atoms with Crippen LogP contribution < -0.4 is 14.2 Å². The lowest BCUT2D eigenvalue weighted by Gasteiger charge is -2.24. The van der Waals surface area contributed by atoms with Gasteiger partial charge in [-0.3, -0.25) is 4.90 Å². The Balaban J connectivity index is 1.56. The summed E-state index contributed by atoms with van der Waals surface area (Å²) in [5.74, 6) is 3.52. The van der Waals surface area contributed by atoms with Crippen LogP contribution in [0.5, 0.6) is 17.2 Å². The number of imidazole rings is 1. The number of aromatic nitrogens is 2. The summed E-state index contributed by atoms with van der Waals surface area (Å²) >= 11 is 0. The zero-order valence-electron chi connectivity index (χ0n) is 23.4. The van der Waals surface area contributed by atoms with Crippen molar-refractivity contribution in [3.05, 3.63) is 84.1 Å². The zero-order chi connectivity index (χ0) is 27.0. The topological polar surface area (TPSA) is 48.8 Å². The van der Waals surface area contributed by atoms with Crippen LogP contribution in [0.2, 0.25) is 0 Å². The van der Waals surface area contributed by atoms with Gasteiger partial charge in [0, 0.05) is 30.8 Å². The van der Waals surface area contributed by atoms with Crippen molar-refractivity contribution in [2.24, 2.45) is 0 Å². The number of fused-ring (bicyclic) bond motifs is 1. The molecule has 0 amide bonds. The fourth-order valence-corrected chi connectivity index (χ4v) is 5.10. The van der Waals surface area contributed by atoms with E-state index in [0.717, 1.165) is 91.8 Å². The van der Waals surface area contributed by atoms with Gasteiger partial charge < -0.3 is 18.8 Å². The van der Waals surface area contributed by atoms with Crippen molar-refractivity contribution >= 4 is 0 Å². The maximum atomic E-state index is 5.67. The molecule has 0 fully saturated rings. The third-order valence-corrected chi connectivity index (χ3v) is 7.25. The first kappa shape index (κ1) is 26.8. The highest BCUT2D eigenvalue weighted by Crippen LogP contribution is 2.34. The maximum absolute atomic E-state index is 5.67. The molecule has 0 saturated heterocycles. The highest BCUT2D eigenvalue weighted by molar-refractivity contribution is 5.68. The van der Waals surface area contributed by atoms with E-state index < -0.39 is 0 Å². The molecule has 0 spiro atoms.